The highest BCUT2D eigenvalue weighted by Gasteiger charge is 2.29. The largest absolute Gasteiger partial charge is 0.372 e. The Kier molecular flexibility index (Phi) is 5.11. The maximum Gasteiger partial charge on any atom is 0.224 e. The first-order valence-electron chi connectivity index (χ1n) is 7.60. The molecule has 1 heterocycles. The number of carbonyl (C=O) groups is 1. The monoisotopic (exact) mass is 324 g/mol. The smallest absolute Gasteiger partial charge is 0.224 e. The van der Waals surface area contributed by atoms with E-state index in [0.717, 1.165) is 11.4 Å². The molecule has 6 heteroatoms. The molecule has 1 aromatic carbocycles. The molecule has 1 N–H and O–H groups in total. The van der Waals surface area contributed by atoms with E-state index in [2.05, 4.69) is 24.1 Å². The lowest BCUT2D eigenvalue weighted by Gasteiger charge is -2.24. The summed E-state index contributed by atoms with van der Waals surface area (Å²) in [6, 6.07) is 8.06. The number of sulfone groups is 1. The Bertz CT molecular complexity index is 641. The van der Waals surface area contributed by atoms with E-state index in [1.165, 1.54) is 0 Å². The van der Waals surface area contributed by atoms with Crippen LogP contribution in [0, 0.1) is 5.92 Å². The fourth-order valence-electron chi connectivity index (χ4n) is 2.61. The normalized spacial score (nSPS) is 20.1. The van der Waals surface area contributed by atoms with Gasteiger partial charge in [0.25, 0.3) is 0 Å². The lowest BCUT2D eigenvalue weighted by molar-refractivity contribution is -0.116. The van der Waals surface area contributed by atoms with Gasteiger partial charge in [0.05, 0.1) is 11.5 Å². The molecule has 1 aromatic rings. The predicted octanol–water partition coefficient (Wildman–Crippen LogP) is 2.29. The minimum absolute atomic E-state index is 0.0495. The first-order valence-corrected chi connectivity index (χ1v) is 9.42. The van der Waals surface area contributed by atoms with Crippen LogP contribution in [0.25, 0.3) is 0 Å². The molecule has 1 atom stereocenters. The number of amides is 1. The second-order valence-electron chi connectivity index (χ2n) is 6.28. The summed E-state index contributed by atoms with van der Waals surface area (Å²) in [6.07, 6.45) is 0.857. The molecule has 0 radical (unpaired) electrons. The van der Waals surface area contributed by atoms with Crippen LogP contribution in [0.2, 0.25) is 0 Å². The zero-order valence-electron chi connectivity index (χ0n) is 13.4. The van der Waals surface area contributed by atoms with Gasteiger partial charge in [0, 0.05) is 30.9 Å². The number of rotatable bonds is 5. The van der Waals surface area contributed by atoms with Gasteiger partial charge in [-0.25, -0.2) is 8.42 Å². The molecule has 22 heavy (non-hydrogen) atoms. The second kappa shape index (κ2) is 6.69. The van der Waals surface area contributed by atoms with Gasteiger partial charge in [0.15, 0.2) is 9.84 Å². The summed E-state index contributed by atoms with van der Waals surface area (Å²) in [5.41, 5.74) is 1.78. The van der Waals surface area contributed by atoms with Gasteiger partial charge in [-0.3, -0.25) is 4.79 Å². The topological polar surface area (TPSA) is 66.5 Å². The van der Waals surface area contributed by atoms with Crippen molar-refractivity contribution in [1.29, 1.82) is 0 Å². The number of carbonyl (C=O) groups excluding carboxylic acids is 1. The molecule has 0 spiro atoms. The molecule has 122 valence electrons. The van der Waals surface area contributed by atoms with E-state index in [9.17, 15) is 13.2 Å². The number of benzene rings is 1. The Balaban J connectivity index is 1.96. The van der Waals surface area contributed by atoms with Crippen molar-refractivity contribution in [1.82, 2.24) is 0 Å². The van der Waals surface area contributed by atoms with E-state index in [1.54, 1.807) is 0 Å². The number of nitrogens with zero attached hydrogens (tertiary/aromatic N) is 1. The fourth-order valence-corrected chi connectivity index (χ4v) is 4.47. The molecule has 0 aliphatic carbocycles. The summed E-state index contributed by atoms with van der Waals surface area (Å²) < 4.78 is 22.9. The van der Waals surface area contributed by atoms with Crippen LogP contribution in [0.3, 0.4) is 0 Å². The second-order valence-corrected chi connectivity index (χ2v) is 8.51. The van der Waals surface area contributed by atoms with Crippen LogP contribution < -0.4 is 10.2 Å². The highest BCUT2D eigenvalue weighted by molar-refractivity contribution is 7.91. The van der Waals surface area contributed by atoms with Crippen molar-refractivity contribution >= 4 is 27.1 Å². The van der Waals surface area contributed by atoms with Gasteiger partial charge in [-0.1, -0.05) is 6.07 Å². The van der Waals surface area contributed by atoms with Crippen molar-refractivity contribution in [3.8, 4) is 0 Å². The van der Waals surface area contributed by atoms with Crippen molar-refractivity contribution < 1.29 is 13.2 Å². The van der Waals surface area contributed by atoms with Gasteiger partial charge < -0.3 is 10.2 Å². The van der Waals surface area contributed by atoms with Gasteiger partial charge in [-0.05, 0) is 44.4 Å². The Morgan fingerprint density at radius 2 is 2.14 bits per heavy atom. The number of hydrogen-bond acceptors (Lipinski definition) is 4. The molecule has 0 aromatic heterocycles. The molecule has 2 rings (SSSR count). The zero-order valence-corrected chi connectivity index (χ0v) is 14.2. The van der Waals surface area contributed by atoms with Crippen LogP contribution in [0.4, 0.5) is 11.4 Å². The van der Waals surface area contributed by atoms with Crippen LogP contribution in [0.1, 0.15) is 26.7 Å². The Morgan fingerprint density at radius 1 is 1.41 bits per heavy atom. The van der Waals surface area contributed by atoms with Crippen LogP contribution >= 0.6 is 0 Å². The summed E-state index contributed by atoms with van der Waals surface area (Å²) in [5, 5.41) is 2.87. The van der Waals surface area contributed by atoms with Crippen molar-refractivity contribution in [3.05, 3.63) is 24.3 Å². The standard InChI is InChI=1S/C16H24N2O3S/c1-12(2)18(3)15-6-4-5-14(10-15)17-16(19)9-13-7-8-22(20,21)11-13/h4-6,10,12-13H,7-9,11H2,1-3H3,(H,17,19). The number of nitrogens with one attached hydrogen (secondary N) is 1. The van der Waals surface area contributed by atoms with Crippen LogP contribution in [0.5, 0.6) is 0 Å². The van der Waals surface area contributed by atoms with E-state index in [1.807, 2.05) is 31.3 Å². The highest BCUT2D eigenvalue weighted by atomic mass is 32.2. The van der Waals surface area contributed by atoms with Gasteiger partial charge in [0.2, 0.25) is 5.91 Å². The molecular formula is C16H24N2O3S. The van der Waals surface area contributed by atoms with E-state index >= 15 is 0 Å². The molecule has 1 fully saturated rings. The molecule has 0 saturated carbocycles. The van der Waals surface area contributed by atoms with Crippen LogP contribution in [-0.2, 0) is 14.6 Å². The maximum absolute atomic E-state index is 12.1. The van der Waals surface area contributed by atoms with Gasteiger partial charge in [-0.15, -0.1) is 0 Å². The summed E-state index contributed by atoms with van der Waals surface area (Å²) in [6.45, 7) is 4.21. The SMILES string of the molecule is CC(C)N(C)c1cccc(NC(=O)CC2CCS(=O)(=O)C2)c1. The summed E-state index contributed by atoms with van der Waals surface area (Å²) in [5.74, 6) is 0.175. The molecule has 1 amide bonds. The predicted molar refractivity (Wildman–Crippen MR) is 90.0 cm³/mol. The molecular weight excluding hydrogens is 300 g/mol. The number of hydrogen-bond donors (Lipinski definition) is 1. The average Bonchev–Trinajstić information content (AvgIpc) is 2.77. The molecule has 0 bridgehead atoms. The van der Waals surface area contributed by atoms with E-state index in [-0.39, 0.29) is 29.8 Å². The third-order valence-electron chi connectivity index (χ3n) is 4.11. The van der Waals surface area contributed by atoms with E-state index < -0.39 is 9.84 Å². The minimum Gasteiger partial charge on any atom is -0.372 e. The highest BCUT2D eigenvalue weighted by Crippen LogP contribution is 2.23. The maximum atomic E-state index is 12.1. The third kappa shape index (κ3) is 4.47. The van der Waals surface area contributed by atoms with Crippen molar-refractivity contribution in [2.75, 3.05) is 28.8 Å². The van der Waals surface area contributed by atoms with Gasteiger partial charge >= 0.3 is 0 Å². The van der Waals surface area contributed by atoms with Gasteiger partial charge in [-0.2, -0.15) is 0 Å². The summed E-state index contributed by atoms with van der Waals surface area (Å²) in [7, 11) is -0.919. The molecule has 1 aliphatic heterocycles. The Labute approximate surface area is 132 Å². The summed E-state index contributed by atoms with van der Waals surface area (Å²) in [4.78, 5) is 14.2. The summed E-state index contributed by atoms with van der Waals surface area (Å²) >= 11 is 0. The molecule has 5 nitrogen and oxygen atoms in total. The van der Waals surface area contributed by atoms with Crippen molar-refractivity contribution in [2.45, 2.75) is 32.7 Å². The van der Waals surface area contributed by atoms with Crippen LogP contribution in [0.15, 0.2) is 24.3 Å². The quantitative estimate of drug-likeness (QED) is 0.902. The average molecular weight is 324 g/mol. The lowest BCUT2D eigenvalue weighted by Crippen LogP contribution is -2.25. The Hall–Kier alpha value is -1.56. The van der Waals surface area contributed by atoms with Crippen molar-refractivity contribution in [2.24, 2.45) is 5.92 Å². The first kappa shape index (κ1) is 16.8. The minimum atomic E-state index is -2.93. The zero-order chi connectivity index (χ0) is 16.3. The molecule has 1 aliphatic rings. The van der Waals surface area contributed by atoms with Gasteiger partial charge in [0.1, 0.15) is 0 Å². The van der Waals surface area contributed by atoms with E-state index in [0.29, 0.717) is 12.5 Å². The van der Waals surface area contributed by atoms with Crippen LogP contribution in [-0.4, -0.2) is 38.9 Å². The Morgan fingerprint density at radius 3 is 2.73 bits per heavy atom. The first-order chi connectivity index (χ1) is 10.3. The van der Waals surface area contributed by atoms with E-state index in [4.69, 9.17) is 0 Å². The fraction of sp³-hybridized carbons (Fsp3) is 0.562. The lowest BCUT2D eigenvalue weighted by atomic mass is 10.0. The molecule has 1 saturated heterocycles. The molecule has 1 unspecified atom stereocenters. The van der Waals surface area contributed by atoms with Crippen molar-refractivity contribution in [3.63, 3.8) is 0 Å². The third-order valence-corrected chi connectivity index (χ3v) is 5.95. The number of anilines is 2.